The molecule has 0 fully saturated rings. The lowest BCUT2D eigenvalue weighted by Gasteiger charge is -1.86. The minimum atomic E-state index is -0.747. The van der Waals surface area contributed by atoms with Crippen molar-refractivity contribution >= 4 is 5.97 Å². The van der Waals surface area contributed by atoms with E-state index in [1.54, 1.807) is 0 Å². The highest BCUT2D eigenvalue weighted by Crippen LogP contribution is 1.72. The van der Waals surface area contributed by atoms with E-state index in [0.717, 1.165) is 0 Å². The highest BCUT2D eigenvalue weighted by molar-refractivity contribution is 5.71. The summed E-state index contributed by atoms with van der Waals surface area (Å²) in [6.45, 7) is -0.354. The van der Waals surface area contributed by atoms with Crippen LogP contribution in [0.2, 0.25) is 0 Å². The first-order valence-corrected chi connectivity index (χ1v) is 1.71. The molecular formula is C2H4N4O2. The van der Waals surface area contributed by atoms with Crippen molar-refractivity contribution in [2.24, 2.45) is 11.0 Å². The molecule has 0 saturated heterocycles. The molecule has 0 aromatic rings. The van der Waals surface area contributed by atoms with Gasteiger partial charge in [-0.1, -0.05) is 5.11 Å². The highest BCUT2D eigenvalue weighted by atomic mass is 16.7. The number of hydrogen-bond donors (Lipinski definition) is 1. The van der Waals surface area contributed by atoms with E-state index >= 15 is 0 Å². The number of carbonyl (C=O) groups excluding carboxylic acids is 1. The highest BCUT2D eigenvalue weighted by Gasteiger charge is 1.93. The Morgan fingerprint density at radius 2 is 2.62 bits per heavy atom. The number of nitrogens with zero attached hydrogens (tertiary/aromatic N) is 3. The Kier molecular flexibility index (Phi) is 3.30. The van der Waals surface area contributed by atoms with E-state index in [1.165, 1.54) is 0 Å². The summed E-state index contributed by atoms with van der Waals surface area (Å²) in [5.41, 5.74) is 7.62. The van der Waals surface area contributed by atoms with Gasteiger partial charge in [0.25, 0.3) is 0 Å². The van der Waals surface area contributed by atoms with Crippen LogP contribution in [-0.2, 0) is 9.63 Å². The van der Waals surface area contributed by atoms with Crippen LogP contribution in [-0.4, -0.2) is 12.5 Å². The molecule has 0 aromatic carbocycles. The molecule has 6 nitrogen and oxygen atoms in total. The van der Waals surface area contributed by atoms with E-state index in [4.69, 9.17) is 5.53 Å². The fourth-order valence-electron chi connectivity index (χ4n) is 0.127. The summed E-state index contributed by atoms with van der Waals surface area (Å²) < 4.78 is 0. The second-order valence-electron chi connectivity index (χ2n) is 0.879. The molecule has 0 aliphatic heterocycles. The minimum absolute atomic E-state index is 0.354. The number of hydrogen-bond acceptors (Lipinski definition) is 4. The average molecular weight is 116 g/mol. The Morgan fingerprint density at radius 3 is 3.00 bits per heavy atom. The van der Waals surface area contributed by atoms with Crippen molar-refractivity contribution in [2.75, 3.05) is 6.54 Å². The Balaban J connectivity index is 3.39. The number of nitrogens with two attached hydrogens (primary N) is 1. The first-order valence-electron chi connectivity index (χ1n) is 1.71. The van der Waals surface area contributed by atoms with Gasteiger partial charge in [-0.25, -0.2) is 0 Å². The van der Waals surface area contributed by atoms with Gasteiger partial charge in [0.15, 0.2) is 0 Å². The van der Waals surface area contributed by atoms with Crippen molar-refractivity contribution in [1.29, 1.82) is 0 Å². The lowest BCUT2D eigenvalue weighted by atomic mass is 10.7. The summed E-state index contributed by atoms with van der Waals surface area (Å²) in [5.74, 6) is 3.63. The molecule has 2 N–H and O–H groups in total. The standard InChI is InChI=1S/C2H4N4O2/c3-6-5-1-2(7)8-4/h1,4H2. The van der Waals surface area contributed by atoms with Crippen LogP contribution in [0.5, 0.6) is 0 Å². The van der Waals surface area contributed by atoms with Crippen molar-refractivity contribution in [3.05, 3.63) is 10.4 Å². The third kappa shape index (κ3) is 2.95. The third-order valence-electron chi connectivity index (χ3n) is 0.395. The summed E-state index contributed by atoms with van der Waals surface area (Å²) in [6.07, 6.45) is 0. The number of azide groups is 1. The normalized spacial score (nSPS) is 7.12. The van der Waals surface area contributed by atoms with Crippen molar-refractivity contribution in [1.82, 2.24) is 0 Å². The molecule has 0 unspecified atom stereocenters. The van der Waals surface area contributed by atoms with Crippen molar-refractivity contribution in [2.45, 2.75) is 0 Å². The summed E-state index contributed by atoms with van der Waals surface area (Å²) in [7, 11) is 0. The molecule has 0 heterocycles. The molecule has 0 radical (unpaired) electrons. The predicted molar refractivity (Wildman–Crippen MR) is 24.3 cm³/mol. The average Bonchev–Trinajstić information content (AvgIpc) is 1.83. The molecule has 0 aliphatic rings. The van der Waals surface area contributed by atoms with Gasteiger partial charge in [-0.05, 0) is 5.53 Å². The smallest absolute Gasteiger partial charge is 0.330 e. The van der Waals surface area contributed by atoms with Crippen LogP contribution in [0.4, 0.5) is 0 Å². The first kappa shape index (κ1) is 6.74. The molecule has 0 aliphatic carbocycles. The fourth-order valence-corrected chi connectivity index (χ4v) is 0.127. The van der Waals surface area contributed by atoms with Gasteiger partial charge in [-0.3, -0.25) is 4.79 Å². The Morgan fingerprint density at radius 1 is 2.00 bits per heavy atom. The van der Waals surface area contributed by atoms with E-state index in [2.05, 4.69) is 20.8 Å². The third-order valence-corrected chi connectivity index (χ3v) is 0.395. The van der Waals surface area contributed by atoms with Gasteiger partial charge < -0.3 is 4.84 Å². The Hall–Kier alpha value is -1.26. The molecule has 0 bridgehead atoms. The molecule has 0 spiro atoms. The lowest BCUT2D eigenvalue weighted by molar-refractivity contribution is -0.142. The van der Waals surface area contributed by atoms with Crippen LogP contribution >= 0.6 is 0 Å². The maximum absolute atomic E-state index is 9.96. The van der Waals surface area contributed by atoms with E-state index in [9.17, 15) is 4.79 Å². The van der Waals surface area contributed by atoms with Gasteiger partial charge in [0.2, 0.25) is 0 Å². The van der Waals surface area contributed by atoms with Gasteiger partial charge >= 0.3 is 5.97 Å². The molecule has 0 saturated carbocycles. The van der Waals surface area contributed by atoms with E-state index in [-0.39, 0.29) is 6.54 Å². The van der Waals surface area contributed by atoms with Gasteiger partial charge in [0.05, 0.1) is 0 Å². The summed E-state index contributed by atoms with van der Waals surface area (Å²) in [6, 6.07) is 0. The molecule has 0 rings (SSSR count). The minimum Gasteiger partial charge on any atom is -0.373 e. The van der Waals surface area contributed by atoms with Crippen LogP contribution in [0, 0.1) is 0 Å². The van der Waals surface area contributed by atoms with Crippen LogP contribution in [0.15, 0.2) is 5.11 Å². The molecule has 8 heavy (non-hydrogen) atoms. The number of carbonyl (C=O) groups is 1. The lowest BCUT2D eigenvalue weighted by Crippen LogP contribution is -2.11. The SMILES string of the molecule is [N-]=[N+]=NCC(=O)ON. The van der Waals surface area contributed by atoms with Crippen molar-refractivity contribution < 1.29 is 9.63 Å². The van der Waals surface area contributed by atoms with E-state index in [0.29, 0.717) is 0 Å². The Labute approximate surface area is 44.8 Å². The maximum atomic E-state index is 9.96. The molecular weight excluding hydrogens is 112 g/mol. The first-order chi connectivity index (χ1) is 3.81. The number of rotatable bonds is 2. The summed E-state index contributed by atoms with van der Waals surface area (Å²) in [4.78, 5) is 15.9. The van der Waals surface area contributed by atoms with Gasteiger partial charge in [0, 0.05) is 4.91 Å². The summed E-state index contributed by atoms with van der Waals surface area (Å²) >= 11 is 0. The topological polar surface area (TPSA) is 101 Å². The zero-order valence-electron chi connectivity index (χ0n) is 3.94. The second-order valence-corrected chi connectivity index (χ2v) is 0.879. The van der Waals surface area contributed by atoms with Crippen LogP contribution in [0.25, 0.3) is 10.4 Å². The molecule has 6 heteroatoms. The van der Waals surface area contributed by atoms with Gasteiger partial charge in [-0.2, -0.15) is 5.90 Å². The quantitative estimate of drug-likeness (QED) is 0.232. The zero-order valence-corrected chi connectivity index (χ0v) is 3.94. The maximum Gasteiger partial charge on any atom is 0.330 e. The van der Waals surface area contributed by atoms with Crippen LogP contribution < -0.4 is 5.90 Å². The van der Waals surface area contributed by atoms with Crippen LogP contribution in [0.3, 0.4) is 0 Å². The predicted octanol–water partition coefficient (Wildman–Crippen LogP) is -0.286. The fraction of sp³-hybridized carbons (Fsp3) is 0.500. The molecule has 0 atom stereocenters. The van der Waals surface area contributed by atoms with Crippen molar-refractivity contribution in [3.63, 3.8) is 0 Å². The van der Waals surface area contributed by atoms with E-state index < -0.39 is 5.97 Å². The molecule has 44 valence electrons. The van der Waals surface area contributed by atoms with Gasteiger partial charge in [0.1, 0.15) is 6.54 Å². The monoisotopic (exact) mass is 116 g/mol. The van der Waals surface area contributed by atoms with Gasteiger partial charge in [-0.15, -0.1) is 0 Å². The molecule has 0 amide bonds. The molecule has 0 aromatic heterocycles. The largest absolute Gasteiger partial charge is 0.373 e. The zero-order chi connectivity index (χ0) is 6.41. The second kappa shape index (κ2) is 3.91. The van der Waals surface area contributed by atoms with E-state index in [1.807, 2.05) is 0 Å². The van der Waals surface area contributed by atoms with Crippen molar-refractivity contribution in [3.8, 4) is 0 Å². The summed E-state index contributed by atoms with van der Waals surface area (Å²) in [5, 5.41) is 2.87. The Bertz CT molecular complexity index is 126. The van der Waals surface area contributed by atoms with Crippen LogP contribution in [0.1, 0.15) is 0 Å².